The van der Waals surface area contributed by atoms with Crippen LogP contribution in [-0.2, 0) is 7.05 Å². The van der Waals surface area contributed by atoms with E-state index in [0.717, 1.165) is 17.8 Å². The van der Waals surface area contributed by atoms with Crippen LogP contribution in [0, 0.1) is 0 Å². The third-order valence-corrected chi connectivity index (χ3v) is 3.24. The van der Waals surface area contributed by atoms with Gasteiger partial charge >= 0.3 is 0 Å². The van der Waals surface area contributed by atoms with Gasteiger partial charge in [0.05, 0.1) is 5.69 Å². The first-order valence-corrected chi connectivity index (χ1v) is 5.68. The second-order valence-electron chi connectivity index (χ2n) is 4.30. The third-order valence-electron chi connectivity index (χ3n) is 3.24. The molecular weight excluding hydrogens is 188 g/mol. The molecule has 0 aromatic carbocycles. The van der Waals surface area contributed by atoms with Gasteiger partial charge in [-0.1, -0.05) is 19.3 Å². The fourth-order valence-electron chi connectivity index (χ4n) is 2.25. The number of hydrogen-bond acceptors (Lipinski definition) is 2. The van der Waals surface area contributed by atoms with Gasteiger partial charge in [-0.25, -0.2) is 0 Å². The van der Waals surface area contributed by atoms with Gasteiger partial charge in [0, 0.05) is 13.1 Å². The molecule has 0 unspecified atom stereocenters. The number of carbonyl (C=O) groups excluding carboxylic acids is 1. The fraction of sp³-hybridized carbons (Fsp3) is 0.583. The molecule has 0 bridgehead atoms. The topological polar surface area (TPSA) is 34.0 Å². The molecule has 15 heavy (non-hydrogen) atoms. The third kappa shape index (κ3) is 2.22. The quantitative estimate of drug-likeness (QED) is 0.771. The largest absolute Gasteiger partial charge is 0.369 e. The minimum Gasteiger partial charge on any atom is -0.369 e. The average molecular weight is 206 g/mol. The predicted octanol–water partition coefficient (Wildman–Crippen LogP) is 2.58. The highest BCUT2D eigenvalue weighted by atomic mass is 16.1. The van der Waals surface area contributed by atoms with Crippen molar-refractivity contribution in [2.75, 3.05) is 5.32 Å². The molecule has 3 nitrogen and oxygen atoms in total. The molecule has 1 fully saturated rings. The van der Waals surface area contributed by atoms with E-state index >= 15 is 0 Å². The van der Waals surface area contributed by atoms with Gasteiger partial charge in [-0.15, -0.1) is 0 Å². The van der Waals surface area contributed by atoms with Crippen molar-refractivity contribution in [2.24, 2.45) is 7.05 Å². The van der Waals surface area contributed by atoms with Gasteiger partial charge in [0.1, 0.15) is 5.82 Å². The summed E-state index contributed by atoms with van der Waals surface area (Å²) in [5.41, 5.74) is 0.730. The van der Waals surface area contributed by atoms with Gasteiger partial charge in [-0.2, -0.15) is 0 Å². The molecule has 2 rings (SSSR count). The maximum Gasteiger partial charge on any atom is 0.166 e. The van der Waals surface area contributed by atoms with Crippen LogP contribution in [-0.4, -0.2) is 16.9 Å². The Morgan fingerprint density at radius 2 is 2.07 bits per heavy atom. The van der Waals surface area contributed by atoms with Crippen molar-refractivity contribution in [3.63, 3.8) is 0 Å². The van der Waals surface area contributed by atoms with Crippen molar-refractivity contribution < 1.29 is 4.79 Å². The van der Waals surface area contributed by atoms with Gasteiger partial charge in [0.2, 0.25) is 0 Å². The average Bonchev–Trinajstić information content (AvgIpc) is 2.62. The summed E-state index contributed by atoms with van der Waals surface area (Å²) in [6, 6.07) is 4.43. The minimum absolute atomic E-state index is 0.590. The lowest BCUT2D eigenvalue weighted by atomic mass is 9.95. The van der Waals surface area contributed by atoms with Crippen LogP contribution < -0.4 is 5.32 Å². The van der Waals surface area contributed by atoms with Crippen molar-refractivity contribution in [3.8, 4) is 0 Å². The Labute approximate surface area is 90.5 Å². The Morgan fingerprint density at radius 1 is 1.33 bits per heavy atom. The van der Waals surface area contributed by atoms with Crippen molar-refractivity contribution in [3.05, 3.63) is 17.8 Å². The lowest BCUT2D eigenvalue weighted by Gasteiger charge is -2.24. The zero-order valence-electron chi connectivity index (χ0n) is 9.20. The van der Waals surface area contributed by atoms with E-state index in [0.29, 0.717) is 6.04 Å². The number of aldehydes is 1. The first-order valence-electron chi connectivity index (χ1n) is 5.68. The molecule has 1 saturated carbocycles. The number of aromatic nitrogens is 1. The maximum absolute atomic E-state index is 10.7. The highest BCUT2D eigenvalue weighted by Gasteiger charge is 2.14. The summed E-state index contributed by atoms with van der Waals surface area (Å²) in [5.74, 6) is 1.06. The molecule has 0 radical (unpaired) electrons. The second kappa shape index (κ2) is 4.51. The molecule has 0 spiro atoms. The van der Waals surface area contributed by atoms with Gasteiger partial charge in [-0.05, 0) is 25.0 Å². The highest BCUT2D eigenvalue weighted by Crippen LogP contribution is 2.22. The van der Waals surface area contributed by atoms with Crippen LogP contribution >= 0.6 is 0 Å². The van der Waals surface area contributed by atoms with Crippen LogP contribution in [0.2, 0.25) is 0 Å². The van der Waals surface area contributed by atoms with E-state index in [4.69, 9.17) is 0 Å². The number of anilines is 1. The fourth-order valence-corrected chi connectivity index (χ4v) is 2.25. The lowest BCUT2D eigenvalue weighted by Crippen LogP contribution is -2.23. The molecule has 1 N–H and O–H groups in total. The van der Waals surface area contributed by atoms with E-state index < -0.39 is 0 Å². The number of nitrogens with one attached hydrogen (secondary N) is 1. The summed E-state index contributed by atoms with van der Waals surface area (Å²) < 4.78 is 1.92. The second-order valence-corrected chi connectivity index (χ2v) is 4.30. The van der Waals surface area contributed by atoms with E-state index in [1.807, 2.05) is 23.7 Å². The van der Waals surface area contributed by atoms with Crippen molar-refractivity contribution >= 4 is 12.1 Å². The molecule has 0 saturated heterocycles. The van der Waals surface area contributed by atoms with Crippen molar-refractivity contribution in [2.45, 2.75) is 38.1 Å². The Kier molecular flexibility index (Phi) is 3.09. The van der Waals surface area contributed by atoms with Crippen molar-refractivity contribution in [1.82, 2.24) is 4.57 Å². The molecular formula is C12H18N2O. The van der Waals surface area contributed by atoms with Crippen LogP contribution in [0.3, 0.4) is 0 Å². The smallest absolute Gasteiger partial charge is 0.166 e. The monoisotopic (exact) mass is 206 g/mol. The number of hydrogen-bond donors (Lipinski definition) is 1. The van der Waals surface area contributed by atoms with E-state index in [9.17, 15) is 4.79 Å². The SMILES string of the molecule is Cn1c(C=O)ccc1NC1CCCCC1. The summed E-state index contributed by atoms with van der Waals surface area (Å²) in [5, 5.41) is 3.51. The van der Waals surface area contributed by atoms with Gasteiger partial charge < -0.3 is 9.88 Å². The molecule has 3 heteroatoms. The van der Waals surface area contributed by atoms with Crippen LogP contribution in [0.25, 0.3) is 0 Å². The van der Waals surface area contributed by atoms with E-state index in [-0.39, 0.29) is 0 Å². The van der Waals surface area contributed by atoms with E-state index in [1.165, 1.54) is 32.1 Å². The Hall–Kier alpha value is -1.25. The maximum atomic E-state index is 10.7. The predicted molar refractivity (Wildman–Crippen MR) is 61.3 cm³/mol. The van der Waals surface area contributed by atoms with Gasteiger partial charge in [0.15, 0.2) is 6.29 Å². The Bertz CT molecular complexity index is 337. The molecule has 1 heterocycles. The van der Waals surface area contributed by atoms with E-state index in [2.05, 4.69) is 5.32 Å². The minimum atomic E-state index is 0.590. The number of nitrogens with zero attached hydrogens (tertiary/aromatic N) is 1. The molecule has 0 aliphatic heterocycles. The molecule has 1 aliphatic carbocycles. The van der Waals surface area contributed by atoms with E-state index in [1.54, 1.807) is 0 Å². The summed E-state index contributed by atoms with van der Waals surface area (Å²) in [6.45, 7) is 0. The zero-order chi connectivity index (χ0) is 10.7. The van der Waals surface area contributed by atoms with Crippen LogP contribution in [0.4, 0.5) is 5.82 Å². The van der Waals surface area contributed by atoms with Crippen molar-refractivity contribution in [1.29, 1.82) is 0 Å². The van der Waals surface area contributed by atoms with Crippen LogP contribution in [0.1, 0.15) is 42.6 Å². The van der Waals surface area contributed by atoms with Crippen LogP contribution in [0.15, 0.2) is 12.1 Å². The molecule has 1 aromatic heterocycles. The zero-order valence-corrected chi connectivity index (χ0v) is 9.20. The Balaban J connectivity index is 2.03. The molecule has 82 valence electrons. The normalized spacial score (nSPS) is 17.7. The summed E-state index contributed by atoms with van der Waals surface area (Å²) in [6.07, 6.45) is 7.41. The first kappa shape index (κ1) is 10.3. The molecule has 1 aliphatic rings. The van der Waals surface area contributed by atoms with Gasteiger partial charge in [-0.3, -0.25) is 4.79 Å². The summed E-state index contributed by atoms with van der Waals surface area (Å²) >= 11 is 0. The summed E-state index contributed by atoms with van der Waals surface area (Å²) in [7, 11) is 1.93. The Morgan fingerprint density at radius 3 is 2.67 bits per heavy atom. The summed E-state index contributed by atoms with van der Waals surface area (Å²) in [4.78, 5) is 10.7. The van der Waals surface area contributed by atoms with Gasteiger partial charge in [0.25, 0.3) is 0 Å². The number of carbonyl (C=O) groups is 1. The molecule has 0 atom stereocenters. The molecule has 0 amide bonds. The number of rotatable bonds is 3. The highest BCUT2D eigenvalue weighted by molar-refractivity contribution is 5.74. The van der Waals surface area contributed by atoms with Crippen LogP contribution in [0.5, 0.6) is 0 Å². The standard InChI is InChI=1S/C12H18N2O/c1-14-11(9-15)7-8-12(14)13-10-5-3-2-4-6-10/h7-10,13H,2-6H2,1H3. The lowest BCUT2D eigenvalue weighted by molar-refractivity contribution is 0.111. The molecule has 1 aromatic rings. The first-order chi connectivity index (χ1) is 7.31.